The number of fused-ring (bicyclic) bond motifs is 1. The van der Waals surface area contributed by atoms with E-state index >= 15 is 0 Å². The number of piperidine rings is 1. The van der Waals surface area contributed by atoms with Gasteiger partial charge in [0.25, 0.3) is 5.56 Å². The van der Waals surface area contributed by atoms with Gasteiger partial charge in [-0.25, -0.2) is 9.37 Å². The molecule has 2 aliphatic heterocycles. The van der Waals surface area contributed by atoms with Crippen molar-refractivity contribution in [2.75, 3.05) is 38.0 Å². The number of nitrogens with zero attached hydrogens (tertiary/aromatic N) is 4. The molecule has 212 valence electrons. The van der Waals surface area contributed by atoms with Gasteiger partial charge in [-0.2, -0.15) is 18.0 Å². The van der Waals surface area contributed by atoms with Crippen molar-refractivity contribution in [3.05, 3.63) is 58.4 Å². The molecule has 0 saturated carbocycles. The molecule has 13 heteroatoms. The summed E-state index contributed by atoms with van der Waals surface area (Å²) < 4.78 is 56.8. The van der Waals surface area contributed by atoms with Gasteiger partial charge in [-0.1, -0.05) is 6.92 Å². The number of halogens is 1. The van der Waals surface area contributed by atoms with Gasteiger partial charge in [0, 0.05) is 26.2 Å². The Hall–Kier alpha value is -3.57. The Bertz CT molecular complexity index is 1630. The van der Waals surface area contributed by atoms with E-state index in [9.17, 15) is 22.9 Å². The first-order chi connectivity index (χ1) is 19.2. The molecule has 40 heavy (non-hydrogen) atoms. The average molecular weight is 571 g/mol. The summed E-state index contributed by atoms with van der Waals surface area (Å²) >= 11 is 0. The summed E-state index contributed by atoms with van der Waals surface area (Å²) in [5.74, 6) is -1.21. The first kappa shape index (κ1) is 28.0. The quantitative estimate of drug-likeness (QED) is 0.441. The van der Waals surface area contributed by atoms with Crippen molar-refractivity contribution in [2.45, 2.75) is 44.2 Å². The summed E-state index contributed by atoms with van der Waals surface area (Å²) in [7, 11) is -2.60. The number of nitrogens with one attached hydrogen (secondary N) is 2. The van der Waals surface area contributed by atoms with Crippen molar-refractivity contribution >= 4 is 26.8 Å². The van der Waals surface area contributed by atoms with Crippen LogP contribution in [0.25, 0.3) is 10.9 Å². The maximum absolute atomic E-state index is 14.9. The van der Waals surface area contributed by atoms with Crippen LogP contribution in [-0.2, 0) is 14.9 Å². The normalized spacial score (nSPS) is 19.0. The van der Waals surface area contributed by atoms with Gasteiger partial charge >= 0.3 is 10.2 Å². The highest BCUT2D eigenvalue weighted by Gasteiger charge is 2.39. The molecule has 5 rings (SSSR count). The summed E-state index contributed by atoms with van der Waals surface area (Å²) in [6.45, 7) is 4.15. The zero-order valence-corrected chi connectivity index (χ0v) is 23.1. The van der Waals surface area contributed by atoms with E-state index in [1.807, 2.05) is 6.07 Å². The van der Waals surface area contributed by atoms with Gasteiger partial charge in [0.05, 0.1) is 28.5 Å². The van der Waals surface area contributed by atoms with E-state index in [0.29, 0.717) is 25.0 Å². The first-order valence-corrected chi connectivity index (χ1v) is 14.6. The van der Waals surface area contributed by atoms with Gasteiger partial charge < -0.3 is 14.8 Å². The minimum Gasteiger partial charge on any atom is -0.453 e. The minimum absolute atomic E-state index is 0.0746. The monoisotopic (exact) mass is 570 g/mol. The Morgan fingerprint density at radius 3 is 2.83 bits per heavy atom. The fourth-order valence-corrected chi connectivity index (χ4v) is 6.21. The van der Waals surface area contributed by atoms with Gasteiger partial charge in [0.2, 0.25) is 0 Å². The molecule has 0 radical (unpaired) electrons. The van der Waals surface area contributed by atoms with Gasteiger partial charge in [0.15, 0.2) is 11.6 Å². The Labute approximate surface area is 231 Å². The van der Waals surface area contributed by atoms with Crippen molar-refractivity contribution in [1.82, 2.24) is 19.2 Å². The molecule has 1 atom stereocenters. The van der Waals surface area contributed by atoms with E-state index in [-0.39, 0.29) is 46.1 Å². The Morgan fingerprint density at radius 1 is 1.32 bits per heavy atom. The zero-order valence-electron chi connectivity index (χ0n) is 22.3. The second-order valence-electron chi connectivity index (χ2n) is 10.1. The first-order valence-electron chi connectivity index (χ1n) is 13.2. The maximum atomic E-state index is 14.9. The lowest BCUT2D eigenvalue weighted by Gasteiger charge is -2.44. The third-order valence-corrected chi connectivity index (χ3v) is 9.22. The second-order valence-corrected chi connectivity index (χ2v) is 11.9. The molecule has 0 aliphatic carbocycles. The summed E-state index contributed by atoms with van der Waals surface area (Å²) in [5, 5.41) is 13.4. The van der Waals surface area contributed by atoms with Gasteiger partial charge in [-0.3, -0.25) is 14.1 Å². The molecular weight excluding hydrogens is 539 g/mol. The van der Waals surface area contributed by atoms with E-state index in [0.717, 1.165) is 42.4 Å². The standard InChI is InChI=1S/C27H31FN6O5S/c1-3-33(2)40(36,37)32-24-7-5-22(28)25(21(24)16-29)39-19-4-6-23-20(14-19)26(35)34(17-31-23)18-8-13-38-27(15-18)9-11-30-12-10-27/h4-7,14,17-18,30,32H,3,8-13,15H2,1-2H3. The minimum atomic E-state index is -3.97. The van der Waals surface area contributed by atoms with E-state index < -0.39 is 21.8 Å². The van der Waals surface area contributed by atoms with Crippen molar-refractivity contribution in [1.29, 1.82) is 5.26 Å². The zero-order chi connectivity index (χ0) is 28.5. The molecule has 2 aliphatic rings. The van der Waals surface area contributed by atoms with Crippen LogP contribution in [0.3, 0.4) is 0 Å². The highest BCUT2D eigenvalue weighted by Crippen LogP contribution is 2.38. The predicted octanol–water partition coefficient (Wildman–Crippen LogP) is 3.28. The Balaban J connectivity index is 1.47. The number of anilines is 1. The summed E-state index contributed by atoms with van der Waals surface area (Å²) in [4.78, 5) is 18.1. The van der Waals surface area contributed by atoms with Gasteiger partial charge in [0.1, 0.15) is 17.4 Å². The van der Waals surface area contributed by atoms with Crippen LogP contribution in [0, 0.1) is 17.1 Å². The number of ether oxygens (including phenoxy) is 2. The molecule has 1 unspecified atom stereocenters. The van der Waals surface area contributed by atoms with Crippen molar-refractivity contribution in [3.8, 4) is 17.6 Å². The fourth-order valence-electron chi connectivity index (χ4n) is 5.27. The third-order valence-electron chi connectivity index (χ3n) is 7.67. The van der Waals surface area contributed by atoms with E-state index in [1.54, 1.807) is 23.9 Å². The van der Waals surface area contributed by atoms with Crippen LogP contribution in [0.15, 0.2) is 41.5 Å². The molecule has 11 nitrogen and oxygen atoms in total. The summed E-state index contributed by atoms with van der Waals surface area (Å²) in [6, 6.07) is 8.49. The molecule has 2 fully saturated rings. The van der Waals surface area contributed by atoms with E-state index in [1.165, 1.54) is 19.2 Å². The number of rotatable bonds is 7. The number of nitriles is 1. The third kappa shape index (κ3) is 5.40. The van der Waals surface area contributed by atoms with Crippen molar-refractivity contribution < 1.29 is 22.3 Å². The van der Waals surface area contributed by atoms with E-state index in [4.69, 9.17) is 9.47 Å². The lowest BCUT2D eigenvalue weighted by Crippen LogP contribution is -2.49. The topological polar surface area (TPSA) is 139 Å². The molecule has 3 heterocycles. The number of aromatic nitrogens is 2. The van der Waals surface area contributed by atoms with Crippen LogP contribution in [0.2, 0.25) is 0 Å². The SMILES string of the molecule is CCN(C)S(=O)(=O)Nc1ccc(F)c(Oc2ccc3ncn(C4CCOC5(CCNCC5)C4)c(=O)c3c2)c1C#N. The van der Waals surface area contributed by atoms with Crippen molar-refractivity contribution in [3.63, 3.8) is 0 Å². The fraction of sp³-hybridized carbons (Fsp3) is 0.444. The van der Waals surface area contributed by atoms with Crippen LogP contribution in [-0.4, -0.2) is 61.2 Å². The number of hydrogen-bond donors (Lipinski definition) is 2. The smallest absolute Gasteiger partial charge is 0.301 e. The maximum Gasteiger partial charge on any atom is 0.301 e. The van der Waals surface area contributed by atoms with Crippen LogP contribution < -0.4 is 20.3 Å². The van der Waals surface area contributed by atoms with Gasteiger partial charge in [-0.15, -0.1) is 0 Å². The summed E-state index contributed by atoms with van der Waals surface area (Å²) in [6.07, 6.45) is 4.73. The number of benzene rings is 2. The Kier molecular flexibility index (Phi) is 7.78. The molecule has 1 aromatic heterocycles. The number of hydrogen-bond acceptors (Lipinski definition) is 8. The molecule has 3 aromatic rings. The van der Waals surface area contributed by atoms with Gasteiger partial charge in [-0.05, 0) is 69.1 Å². The highest BCUT2D eigenvalue weighted by atomic mass is 32.2. The summed E-state index contributed by atoms with van der Waals surface area (Å²) in [5.41, 5.74) is -0.516. The molecule has 0 amide bonds. The molecule has 0 bridgehead atoms. The lowest BCUT2D eigenvalue weighted by atomic mass is 9.83. The lowest BCUT2D eigenvalue weighted by molar-refractivity contribution is -0.111. The molecule has 1 spiro atoms. The second kappa shape index (κ2) is 11.1. The van der Waals surface area contributed by atoms with Crippen LogP contribution in [0.5, 0.6) is 11.5 Å². The van der Waals surface area contributed by atoms with Crippen LogP contribution in [0.4, 0.5) is 10.1 Å². The van der Waals surface area contributed by atoms with Crippen LogP contribution in [0.1, 0.15) is 44.2 Å². The van der Waals surface area contributed by atoms with E-state index in [2.05, 4.69) is 15.0 Å². The van der Waals surface area contributed by atoms with Crippen LogP contribution >= 0.6 is 0 Å². The van der Waals surface area contributed by atoms with Crippen molar-refractivity contribution in [2.24, 2.45) is 0 Å². The molecule has 2 saturated heterocycles. The molecule has 2 aromatic carbocycles. The molecule has 2 N–H and O–H groups in total. The highest BCUT2D eigenvalue weighted by molar-refractivity contribution is 7.90. The molecular formula is C27H31FN6O5S. The Morgan fingerprint density at radius 2 is 2.10 bits per heavy atom. The predicted molar refractivity (Wildman–Crippen MR) is 147 cm³/mol. The average Bonchev–Trinajstić information content (AvgIpc) is 2.95. The largest absolute Gasteiger partial charge is 0.453 e.